The molecule has 1 aromatic rings. The molecule has 1 aliphatic rings. The number of rotatable bonds is 5. The average Bonchev–Trinajstić information content (AvgIpc) is 2.48. The Morgan fingerprint density at radius 2 is 2.05 bits per heavy atom. The lowest BCUT2D eigenvalue weighted by atomic mass is 9.83. The first-order valence-electron chi connectivity index (χ1n) is 7.84. The summed E-state index contributed by atoms with van der Waals surface area (Å²) < 4.78 is 13.4. The van der Waals surface area contributed by atoms with Crippen LogP contribution in [-0.2, 0) is 6.54 Å². The predicted octanol–water partition coefficient (Wildman–Crippen LogP) is 3.47. The van der Waals surface area contributed by atoms with Gasteiger partial charge in [-0.3, -0.25) is 4.90 Å². The first-order chi connectivity index (χ1) is 9.65. The van der Waals surface area contributed by atoms with Crippen LogP contribution < -0.4 is 5.73 Å². The molecule has 2 nitrogen and oxygen atoms in total. The van der Waals surface area contributed by atoms with Crippen molar-refractivity contribution in [1.29, 1.82) is 0 Å². The van der Waals surface area contributed by atoms with E-state index in [1.807, 2.05) is 19.1 Å². The molecule has 1 fully saturated rings. The zero-order valence-corrected chi connectivity index (χ0v) is 12.7. The second-order valence-corrected chi connectivity index (χ2v) is 5.99. The van der Waals surface area contributed by atoms with E-state index in [2.05, 4.69) is 11.8 Å². The van der Waals surface area contributed by atoms with Crippen molar-refractivity contribution in [2.75, 3.05) is 13.1 Å². The highest BCUT2D eigenvalue weighted by molar-refractivity contribution is 5.24. The molecule has 0 saturated heterocycles. The molecule has 3 heteroatoms. The summed E-state index contributed by atoms with van der Waals surface area (Å²) in [6, 6.07) is 6.05. The summed E-state index contributed by atoms with van der Waals surface area (Å²) in [7, 11) is 0. The maximum atomic E-state index is 13.4. The zero-order valence-electron chi connectivity index (χ0n) is 12.7. The smallest absolute Gasteiger partial charge is 0.126 e. The van der Waals surface area contributed by atoms with Crippen molar-refractivity contribution >= 4 is 0 Å². The fourth-order valence-corrected chi connectivity index (χ4v) is 3.45. The lowest BCUT2D eigenvalue weighted by molar-refractivity contribution is 0.105. The number of hydrogen-bond donors (Lipinski definition) is 1. The van der Waals surface area contributed by atoms with Gasteiger partial charge in [-0.25, -0.2) is 4.39 Å². The Hall–Kier alpha value is -0.930. The highest BCUT2D eigenvalue weighted by atomic mass is 19.1. The Labute approximate surface area is 122 Å². The minimum atomic E-state index is -0.116. The summed E-state index contributed by atoms with van der Waals surface area (Å²) in [6.45, 7) is 6.75. The fraction of sp³-hybridized carbons (Fsp3) is 0.647. The first-order valence-corrected chi connectivity index (χ1v) is 7.84. The van der Waals surface area contributed by atoms with Gasteiger partial charge in [0.2, 0.25) is 0 Å². The Balaban J connectivity index is 2.09. The van der Waals surface area contributed by atoms with Gasteiger partial charge in [0.1, 0.15) is 5.82 Å². The molecular formula is C17H27FN2. The molecule has 0 radical (unpaired) electrons. The second-order valence-electron chi connectivity index (χ2n) is 5.99. The van der Waals surface area contributed by atoms with E-state index in [1.54, 1.807) is 6.07 Å². The minimum Gasteiger partial charge on any atom is -0.330 e. The summed E-state index contributed by atoms with van der Waals surface area (Å²) in [6.07, 6.45) is 5.11. The molecule has 0 heterocycles. The lowest BCUT2D eigenvalue weighted by Crippen LogP contribution is -2.44. The number of nitrogens with two attached hydrogens (primary N) is 1. The van der Waals surface area contributed by atoms with Gasteiger partial charge in [-0.15, -0.1) is 0 Å². The van der Waals surface area contributed by atoms with Gasteiger partial charge in [0.25, 0.3) is 0 Å². The van der Waals surface area contributed by atoms with Gasteiger partial charge in [-0.1, -0.05) is 31.9 Å². The molecule has 1 aromatic carbocycles. The number of nitrogens with zero attached hydrogens (tertiary/aromatic N) is 1. The summed E-state index contributed by atoms with van der Waals surface area (Å²) in [5, 5.41) is 0. The Morgan fingerprint density at radius 3 is 2.70 bits per heavy atom. The van der Waals surface area contributed by atoms with E-state index in [4.69, 9.17) is 5.73 Å². The molecule has 1 saturated carbocycles. The molecule has 2 unspecified atom stereocenters. The van der Waals surface area contributed by atoms with E-state index >= 15 is 0 Å². The lowest BCUT2D eigenvalue weighted by Gasteiger charge is -2.39. The maximum Gasteiger partial charge on any atom is 0.126 e. The molecule has 2 rings (SSSR count). The monoisotopic (exact) mass is 278 g/mol. The quantitative estimate of drug-likeness (QED) is 0.893. The van der Waals surface area contributed by atoms with Crippen molar-refractivity contribution in [2.45, 2.75) is 52.1 Å². The van der Waals surface area contributed by atoms with E-state index in [1.165, 1.54) is 31.2 Å². The van der Waals surface area contributed by atoms with Crippen molar-refractivity contribution in [3.63, 3.8) is 0 Å². The molecule has 20 heavy (non-hydrogen) atoms. The summed E-state index contributed by atoms with van der Waals surface area (Å²) in [4.78, 5) is 2.52. The van der Waals surface area contributed by atoms with Crippen LogP contribution in [0.3, 0.4) is 0 Å². The minimum absolute atomic E-state index is 0.116. The highest BCUT2D eigenvalue weighted by Gasteiger charge is 2.28. The molecule has 2 N–H and O–H groups in total. The molecule has 1 aliphatic carbocycles. The molecule has 0 aromatic heterocycles. The molecule has 0 aliphatic heterocycles. The van der Waals surface area contributed by atoms with Crippen LogP contribution in [-0.4, -0.2) is 24.0 Å². The Kier molecular flexibility index (Phi) is 5.55. The summed E-state index contributed by atoms with van der Waals surface area (Å²) >= 11 is 0. The van der Waals surface area contributed by atoms with Gasteiger partial charge < -0.3 is 5.73 Å². The largest absolute Gasteiger partial charge is 0.330 e. The first kappa shape index (κ1) is 15.5. The van der Waals surface area contributed by atoms with Crippen molar-refractivity contribution in [3.05, 3.63) is 35.1 Å². The van der Waals surface area contributed by atoms with Crippen molar-refractivity contribution in [1.82, 2.24) is 4.90 Å². The SMILES string of the molecule is CCN(Cc1ccc(F)c(C)c1)C1CCCCC1CN. The van der Waals surface area contributed by atoms with E-state index in [0.717, 1.165) is 25.2 Å². The van der Waals surface area contributed by atoms with Crippen LogP contribution in [0, 0.1) is 18.7 Å². The zero-order chi connectivity index (χ0) is 14.5. The third-order valence-corrected chi connectivity index (χ3v) is 4.65. The summed E-state index contributed by atoms with van der Waals surface area (Å²) in [5.74, 6) is 0.500. The Morgan fingerprint density at radius 1 is 1.30 bits per heavy atom. The maximum absolute atomic E-state index is 13.4. The molecular weight excluding hydrogens is 251 g/mol. The van der Waals surface area contributed by atoms with Crippen molar-refractivity contribution < 1.29 is 4.39 Å². The predicted molar refractivity (Wildman–Crippen MR) is 82.0 cm³/mol. The summed E-state index contributed by atoms with van der Waals surface area (Å²) in [5.41, 5.74) is 7.88. The van der Waals surface area contributed by atoms with Crippen LogP contribution in [0.25, 0.3) is 0 Å². The van der Waals surface area contributed by atoms with Gasteiger partial charge >= 0.3 is 0 Å². The second kappa shape index (κ2) is 7.19. The third-order valence-electron chi connectivity index (χ3n) is 4.65. The Bertz CT molecular complexity index is 433. The van der Waals surface area contributed by atoms with Crippen LogP contribution in [0.1, 0.15) is 43.7 Å². The molecule has 0 spiro atoms. The molecule has 2 atom stereocenters. The fourth-order valence-electron chi connectivity index (χ4n) is 3.45. The highest BCUT2D eigenvalue weighted by Crippen LogP contribution is 2.29. The van der Waals surface area contributed by atoms with Gasteiger partial charge in [0.05, 0.1) is 0 Å². The standard InChI is InChI=1S/C17H27FN2/c1-3-20(17-7-5-4-6-15(17)11-19)12-14-8-9-16(18)13(2)10-14/h8-10,15,17H,3-7,11-12,19H2,1-2H3. The number of halogens is 1. The van der Waals surface area contributed by atoms with Crippen molar-refractivity contribution in [3.8, 4) is 0 Å². The van der Waals surface area contributed by atoms with Crippen LogP contribution in [0.5, 0.6) is 0 Å². The normalized spacial score (nSPS) is 23.2. The number of hydrogen-bond acceptors (Lipinski definition) is 2. The van der Waals surface area contributed by atoms with Gasteiger partial charge in [0.15, 0.2) is 0 Å². The topological polar surface area (TPSA) is 29.3 Å². The van der Waals surface area contributed by atoms with Crippen LogP contribution in [0.15, 0.2) is 18.2 Å². The van der Waals surface area contributed by atoms with Gasteiger partial charge in [-0.05, 0) is 56.0 Å². The van der Waals surface area contributed by atoms with Gasteiger partial charge in [0, 0.05) is 12.6 Å². The van der Waals surface area contributed by atoms with Crippen molar-refractivity contribution in [2.24, 2.45) is 11.7 Å². The van der Waals surface area contributed by atoms with E-state index in [0.29, 0.717) is 12.0 Å². The molecule has 112 valence electrons. The average molecular weight is 278 g/mol. The molecule has 0 amide bonds. The third kappa shape index (κ3) is 3.58. The number of benzene rings is 1. The van der Waals surface area contributed by atoms with Crippen LogP contribution in [0.2, 0.25) is 0 Å². The molecule has 0 bridgehead atoms. The van der Waals surface area contributed by atoms with E-state index in [-0.39, 0.29) is 5.82 Å². The van der Waals surface area contributed by atoms with Crippen LogP contribution in [0.4, 0.5) is 4.39 Å². The van der Waals surface area contributed by atoms with E-state index < -0.39 is 0 Å². The van der Waals surface area contributed by atoms with E-state index in [9.17, 15) is 4.39 Å². The van der Waals surface area contributed by atoms with Gasteiger partial charge in [-0.2, -0.15) is 0 Å². The number of aryl methyl sites for hydroxylation is 1. The van der Waals surface area contributed by atoms with Crippen LogP contribution >= 0.6 is 0 Å².